The summed E-state index contributed by atoms with van der Waals surface area (Å²) in [6.45, 7) is 2.05. The first-order chi connectivity index (χ1) is 14.6. The molecule has 2 aromatic carbocycles. The van der Waals surface area contributed by atoms with E-state index in [1.165, 1.54) is 10.7 Å². The number of hydrazine groups is 1. The van der Waals surface area contributed by atoms with E-state index in [1.807, 2.05) is 30.3 Å². The lowest BCUT2D eigenvalue weighted by Gasteiger charge is -2.10. The number of fused-ring (bicyclic) bond motifs is 1. The van der Waals surface area contributed by atoms with Gasteiger partial charge in [-0.05, 0) is 13.0 Å². The molecule has 0 saturated heterocycles. The van der Waals surface area contributed by atoms with Crippen LogP contribution in [0.5, 0.6) is 0 Å². The largest absolute Gasteiger partial charge is 0.350 e. The first kappa shape index (κ1) is 19.1. The second-order valence-corrected chi connectivity index (χ2v) is 6.37. The van der Waals surface area contributed by atoms with E-state index in [0.29, 0.717) is 23.0 Å². The van der Waals surface area contributed by atoms with Crippen LogP contribution in [0.25, 0.3) is 22.0 Å². The highest BCUT2D eigenvalue weighted by molar-refractivity contribution is 6.05. The molecule has 0 atom stereocenters. The third-order valence-electron chi connectivity index (χ3n) is 4.48. The Bertz CT molecular complexity index is 1290. The van der Waals surface area contributed by atoms with Gasteiger partial charge in [0.25, 0.3) is 11.5 Å². The van der Waals surface area contributed by atoms with Crippen LogP contribution < -0.4 is 16.4 Å². The molecule has 0 saturated carbocycles. The van der Waals surface area contributed by atoms with Gasteiger partial charge in [0.2, 0.25) is 5.76 Å². The molecule has 2 aromatic heterocycles. The van der Waals surface area contributed by atoms with E-state index in [-0.39, 0.29) is 17.0 Å². The number of rotatable bonds is 4. The van der Waals surface area contributed by atoms with Crippen LogP contribution in [0.2, 0.25) is 0 Å². The minimum atomic E-state index is -0.675. The van der Waals surface area contributed by atoms with Gasteiger partial charge >= 0.3 is 5.91 Å². The maximum atomic E-state index is 12.7. The number of nitrogens with one attached hydrogen (secondary N) is 2. The van der Waals surface area contributed by atoms with E-state index in [1.54, 1.807) is 31.2 Å². The monoisotopic (exact) mass is 403 g/mol. The summed E-state index contributed by atoms with van der Waals surface area (Å²) in [7, 11) is 0. The van der Waals surface area contributed by atoms with Gasteiger partial charge in [-0.25, -0.2) is 4.68 Å². The fourth-order valence-corrected chi connectivity index (χ4v) is 2.98. The lowest BCUT2D eigenvalue weighted by atomic mass is 10.1. The molecule has 0 aliphatic heterocycles. The molecule has 0 spiro atoms. The van der Waals surface area contributed by atoms with Gasteiger partial charge in [0, 0.05) is 23.6 Å². The Morgan fingerprint density at radius 1 is 0.967 bits per heavy atom. The molecule has 4 rings (SSSR count). The predicted molar refractivity (Wildman–Crippen MR) is 109 cm³/mol. The molecule has 0 radical (unpaired) electrons. The number of hydrogen-bond acceptors (Lipinski definition) is 6. The van der Waals surface area contributed by atoms with Crippen molar-refractivity contribution in [3.05, 3.63) is 82.5 Å². The van der Waals surface area contributed by atoms with Crippen molar-refractivity contribution in [2.75, 3.05) is 0 Å². The molecule has 0 fully saturated rings. The summed E-state index contributed by atoms with van der Waals surface area (Å²) in [4.78, 5) is 37.4. The molecular formula is C21H17N5O4. The van der Waals surface area contributed by atoms with Crippen LogP contribution in [-0.2, 0) is 6.54 Å². The van der Waals surface area contributed by atoms with Crippen molar-refractivity contribution in [1.29, 1.82) is 0 Å². The number of aromatic nitrogens is 3. The zero-order valence-corrected chi connectivity index (χ0v) is 16.0. The number of nitrogens with zero attached hydrogens (tertiary/aromatic N) is 3. The van der Waals surface area contributed by atoms with Crippen molar-refractivity contribution >= 4 is 22.6 Å². The van der Waals surface area contributed by atoms with Crippen LogP contribution in [0.3, 0.4) is 0 Å². The molecule has 2 heterocycles. The average molecular weight is 403 g/mol. The van der Waals surface area contributed by atoms with E-state index < -0.39 is 11.8 Å². The smallest absolute Gasteiger partial charge is 0.308 e. The van der Waals surface area contributed by atoms with Crippen molar-refractivity contribution in [2.45, 2.75) is 13.5 Å². The normalized spacial score (nSPS) is 10.7. The first-order valence-corrected chi connectivity index (χ1v) is 9.21. The number of carbonyl (C=O) groups is 2. The molecule has 0 aliphatic rings. The van der Waals surface area contributed by atoms with Crippen molar-refractivity contribution in [2.24, 2.45) is 0 Å². The van der Waals surface area contributed by atoms with Gasteiger partial charge < -0.3 is 4.52 Å². The predicted octanol–water partition coefficient (Wildman–Crippen LogP) is 2.15. The third-order valence-corrected chi connectivity index (χ3v) is 4.48. The highest BCUT2D eigenvalue weighted by Gasteiger charge is 2.19. The summed E-state index contributed by atoms with van der Waals surface area (Å²) in [6.07, 6.45) is 0. The number of hydrogen-bond donors (Lipinski definition) is 2. The fraction of sp³-hybridized carbons (Fsp3) is 0.0952. The van der Waals surface area contributed by atoms with Gasteiger partial charge in [-0.3, -0.25) is 25.2 Å². The summed E-state index contributed by atoms with van der Waals surface area (Å²) in [6, 6.07) is 17.4. The Morgan fingerprint density at radius 3 is 2.37 bits per heavy atom. The minimum absolute atomic E-state index is 0.0231. The van der Waals surface area contributed by atoms with E-state index in [9.17, 15) is 14.4 Å². The standard InChI is InChI=1S/C21H17N5O4/c1-2-26-21(29)15-11-7-6-10-14(15)18(24-26)20(28)23-22-19(27)17-12-16(25-30-17)13-8-4-3-5-9-13/h3-12H,2H2,1H3,(H,22,27)(H,23,28). The van der Waals surface area contributed by atoms with Crippen LogP contribution in [0, 0.1) is 0 Å². The molecular weight excluding hydrogens is 386 g/mol. The van der Waals surface area contributed by atoms with Gasteiger partial charge in [0.15, 0.2) is 5.69 Å². The molecule has 0 bridgehead atoms. The molecule has 4 aromatic rings. The molecule has 30 heavy (non-hydrogen) atoms. The van der Waals surface area contributed by atoms with Gasteiger partial charge in [-0.1, -0.05) is 53.7 Å². The third kappa shape index (κ3) is 3.55. The number of carbonyl (C=O) groups excluding carboxylic acids is 2. The number of benzene rings is 2. The van der Waals surface area contributed by atoms with Gasteiger partial charge in [-0.15, -0.1) is 0 Å². The molecule has 0 unspecified atom stereocenters. The molecule has 2 N–H and O–H groups in total. The second kappa shape index (κ2) is 8.00. The lowest BCUT2D eigenvalue weighted by molar-refractivity contribution is 0.0823. The molecule has 9 nitrogen and oxygen atoms in total. The highest BCUT2D eigenvalue weighted by atomic mass is 16.5. The molecule has 0 aliphatic carbocycles. The maximum Gasteiger partial charge on any atom is 0.308 e. The summed E-state index contributed by atoms with van der Waals surface area (Å²) < 4.78 is 6.26. The topological polar surface area (TPSA) is 119 Å². The Morgan fingerprint density at radius 2 is 1.63 bits per heavy atom. The van der Waals surface area contributed by atoms with Gasteiger partial charge in [0.1, 0.15) is 5.69 Å². The summed E-state index contributed by atoms with van der Waals surface area (Å²) in [5, 5.41) is 8.75. The fourth-order valence-electron chi connectivity index (χ4n) is 2.98. The van der Waals surface area contributed by atoms with Gasteiger partial charge in [-0.2, -0.15) is 5.10 Å². The zero-order valence-electron chi connectivity index (χ0n) is 16.0. The average Bonchev–Trinajstić information content (AvgIpc) is 3.29. The van der Waals surface area contributed by atoms with Crippen LogP contribution in [0.15, 0.2) is 70.0 Å². The van der Waals surface area contributed by atoms with Crippen LogP contribution in [-0.4, -0.2) is 26.8 Å². The lowest BCUT2D eigenvalue weighted by Crippen LogP contribution is -2.42. The van der Waals surface area contributed by atoms with Crippen LogP contribution in [0.1, 0.15) is 28.0 Å². The van der Waals surface area contributed by atoms with E-state index in [4.69, 9.17) is 4.52 Å². The SMILES string of the molecule is CCn1nc(C(=O)NNC(=O)c2cc(-c3ccccc3)no2)c2ccccc2c1=O. The van der Waals surface area contributed by atoms with E-state index in [0.717, 1.165) is 5.56 Å². The van der Waals surface area contributed by atoms with Crippen LogP contribution >= 0.6 is 0 Å². The Hall–Kier alpha value is -4.27. The quantitative estimate of drug-likeness (QED) is 0.504. The highest BCUT2D eigenvalue weighted by Crippen LogP contribution is 2.18. The van der Waals surface area contributed by atoms with Gasteiger partial charge in [0.05, 0.1) is 5.39 Å². The van der Waals surface area contributed by atoms with E-state index >= 15 is 0 Å². The Balaban J connectivity index is 1.53. The summed E-state index contributed by atoms with van der Waals surface area (Å²) in [5.74, 6) is -1.40. The number of aryl methyl sites for hydroxylation is 1. The molecule has 9 heteroatoms. The van der Waals surface area contributed by atoms with Crippen molar-refractivity contribution in [1.82, 2.24) is 25.8 Å². The Kier molecular flexibility index (Phi) is 5.08. The maximum absolute atomic E-state index is 12.7. The summed E-state index contributed by atoms with van der Waals surface area (Å²) in [5.41, 5.74) is 5.61. The molecule has 2 amide bonds. The number of amides is 2. The first-order valence-electron chi connectivity index (χ1n) is 9.21. The van der Waals surface area contributed by atoms with Crippen molar-refractivity contribution in [3.63, 3.8) is 0 Å². The van der Waals surface area contributed by atoms with Crippen LogP contribution in [0.4, 0.5) is 0 Å². The summed E-state index contributed by atoms with van der Waals surface area (Å²) >= 11 is 0. The van der Waals surface area contributed by atoms with E-state index in [2.05, 4.69) is 21.1 Å². The minimum Gasteiger partial charge on any atom is -0.350 e. The van der Waals surface area contributed by atoms with Crippen molar-refractivity contribution in [3.8, 4) is 11.3 Å². The second-order valence-electron chi connectivity index (χ2n) is 6.37. The zero-order chi connectivity index (χ0) is 21.1. The Labute approximate surface area is 170 Å². The van der Waals surface area contributed by atoms with Crippen molar-refractivity contribution < 1.29 is 14.1 Å². The molecule has 150 valence electrons.